The summed E-state index contributed by atoms with van der Waals surface area (Å²) in [6.45, 7) is 0. The lowest BCUT2D eigenvalue weighted by Crippen LogP contribution is -1.90. The molecule has 0 radical (unpaired) electrons. The molecule has 9 aromatic rings. The number of hydrogen-bond acceptors (Lipinski definition) is 3. The van der Waals surface area contributed by atoms with Crippen molar-refractivity contribution in [2.45, 2.75) is 0 Å². The van der Waals surface area contributed by atoms with Crippen molar-refractivity contribution < 1.29 is 0 Å². The van der Waals surface area contributed by atoms with E-state index >= 15 is 0 Å². The highest BCUT2D eigenvalue weighted by Crippen LogP contribution is 2.46. The van der Waals surface area contributed by atoms with Crippen molar-refractivity contribution in [3.05, 3.63) is 103 Å². The van der Waals surface area contributed by atoms with Gasteiger partial charge < -0.3 is 0 Å². The van der Waals surface area contributed by atoms with Crippen LogP contribution in [0.3, 0.4) is 0 Å². The van der Waals surface area contributed by atoms with Crippen LogP contribution in [0.5, 0.6) is 0 Å². The average molecular weight is 476 g/mol. The normalized spacial score (nSPS) is 12.4. The number of para-hydroxylation sites is 1. The minimum atomic E-state index is 0.916. The summed E-state index contributed by atoms with van der Waals surface area (Å²) in [6, 6.07) is 36.7. The van der Waals surface area contributed by atoms with Gasteiger partial charge in [-0.1, -0.05) is 72.8 Å². The number of thiophene rings is 1. The Morgan fingerprint density at radius 2 is 1.39 bits per heavy atom. The van der Waals surface area contributed by atoms with Gasteiger partial charge in [0.25, 0.3) is 0 Å². The fraction of sp³-hybridized carbons (Fsp3) is 0. The van der Waals surface area contributed by atoms with Gasteiger partial charge in [-0.25, -0.2) is 9.97 Å². The molecule has 9 rings (SSSR count). The molecule has 0 bridgehead atoms. The Bertz CT molecular complexity index is 2310. The molecule has 3 nitrogen and oxygen atoms in total. The van der Waals surface area contributed by atoms with E-state index in [1.807, 2.05) is 17.4 Å². The van der Waals surface area contributed by atoms with Crippen LogP contribution >= 0.6 is 11.3 Å². The summed E-state index contributed by atoms with van der Waals surface area (Å²) < 4.78 is 4.93. The van der Waals surface area contributed by atoms with Gasteiger partial charge >= 0.3 is 0 Å². The fourth-order valence-corrected chi connectivity index (χ4v) is 7.15. The van der Waals surface area contributed by atoms with Gasteiger partial charge in [0.15, 0.2) is 5.65 Å². The summed E-state index contributed by atoms with van der Waals surface area (Å²) in [5.74, 6) is 0. The molecule has 0 unspecified atom stereocenters. The first-order chi connectivity index (χ1) is 17.8. The smallest absolute Gasteiger partial charge is 0.165 e. The highest BCUT2D eigenvalue weighted by atomic mass is 32.1. The van der Waals surface area contributed by atoms with Gasteiger partial charge in [-0.2, -0.15) is 0 Å². The largest absolute Gasteiger partial charge is 0.291 e. The lowest BCUT2D eigenvalue weighted by atomic mass is 10.0. The minimum Gasteiger partial charge on any atom is -0.291 e. The third-order valence-electron chi connectivity index (χ3n) is 7.50. The van der Waals surface area contributed by atoms with Gasteiger partial charge in [0.05, 0.1) is 22.1 Å². The van der Waals surface area contributed by atoms with Gasteiger partial charge in [0.2, 0.25) is 0 Å². The molecule has 5 aromatic carbocycles. The number of aromatic nitrogens is 3. The van der Waals surface area contributed by atoms with E-state index in [0.717, 1.165) is 27.8 Å². The van der Waals surface area contributed by atoms with Crippen LogP contribution in [0, 0.1) is 0 Å². The van der Waals surface area contributed by atoms with Crippen LogP contribution in [0.15, 0.2) is 103 Å². The zero-order chi connectivity index (χ0) is 23.4. The Labute approximate surface area is 209 Å². The summed E-state index contributed by atoms with van der Waals surface area (Å²) in [5, 5.41) is 6.35. The van der Waals surface area contributed by atoms with E-state index in [9.17, 15) is 0 Å². The SMILES string of the molecule is c1ccc(-c2ccc3nc4c(nc3c2)c2c3sc5ccccc5c3cc3c5ccccc5n4c32)cc1. The highest BCUT2D eigenvalue weighted by Gasteiger charge is 2.23. The predicted molar refractivity (Wildman–Crippen MR) is 153 cm³/mol. The van der Waals surface area contributed by atoms with Crippen molar-refractivity contribution >= 4 is 80.9 Å². The number of nitrogens with zero attached hydrogens (tertiary/aromatic N) is 3. The second kappa shape index (κ2) is 6.56. The summed E-state index contributed by atoms with van der Waals surface area (Å²) in [5.41, 5.74) is 8.51. The molecule has 0 N–H and O–H groups in total. The monoisotopic (exact) mass is 475 g/mol. The number of benzene rings is 5. The van der Waals surface area contributed by atoms with E-state index in [-0.39, 0.29) is 0 Å². The molecule has 4 heterocycles. The predicted octanol–water partition coefficient (Wildman–Crippen LogP) is 8.81. The average Bonchev–Trinajstić information content (AvgIpc) is 3.58. The number of hydrogen-bond donors (Lipinski definition) is 0. The van der Waals surface area contributed by atoms with E-state index in [1.54, 1.807) is 0 Å². The van der Waals surface area contributed by atoms with E-state index in [4.69, 9.17) is 9.97 Å². The molecule has 0 fully saturated rings. The molecular weight excluding hydrogens is 458 g/mol. The standard InChI is InChI=1S/C32H17N3S/c1-2-8-18(9-3-1)19-14-15-24-25(16-19)33-29-28-30-22(17-23-21-11-5-7-13-27(21)36-31(23)28)20-10-4-6-12-26(20)35(30)32(29)34-24/h1-17H. The van der Waals surface area contributed by atoms with E-state index in [1.165, 1.54) is 52.9 Å². The Hall–Kier alpha value is -4.54. The molecule has 0 spiro atoms. The van der Waals surface area contributed by atoms with Crippen LogP contribution in [-0.2, 0) is 0 Å². The zero-order valence-electron chi connectivity index (χ0n) is 19.1. The lowest BCUT2D eigenvalue weighted by Gasteiger charge is -2.04. The summed E-state index contributed by atoms with van der Waals surface area (Å²) in [4.78, 5) is 10.5. The van der Waals surface area contributed by atoms with Crippen molar-refractivity contribution in [3.63, 3.8) is 0 Å². The Morgan fingerprint density at radius 3 is 2.31 bits per heavy atom. The third-order valence-corrected chi connectivity index (χ3v) is 8.71. The van der Waals surface area contributed by atoms with Crippen molar-refractivity contribution in [1.29, 1.82) is 0 Å². The van der Waals surface area contributed by atoms with Gasteiger partial charge in [-0.3, -0.25) is 4.40 Å². The molecule has 0 saturated heterocycles. The molecule has 0 saturated carbocycles. The zero-order valence-corrected chi connectivity index (χ0v) is 19.9. The Kier molecular flexibility index (Phi) is 3.42. The van der Waals surface area contributed by atoms with Gasteiger partial charge in [-0.05, 0) is 41.5 Å². The topological polar surface area (TPSA) is 30.2 Å². The second-order valence-corrected chi connectivity index (χ2v) is 10.5. The van der Waals surface area contributed by atoms with Gasteiger partial charge in [-0.15, -0.1) is 11.3 Å². The molecule has 4 aromatic heterocycles. The van der Waals surface area contributed by atoms with Crippen molar-refractivity contribution in [3.8, 4) is 11.1 Å². The second-order valence-electron chi connectivity index (χ2n) is 9.44. The molecule has 36 heavy (non-hydrogen) atoms. The Balaban J connectivity index is 1.52. The van der Waals surface area contributed by atoms with Crippen LogP contribution in [0.4, 0.5) is 0 Å². The molecule has 0 amide bonds. The van der Waals surface area contributed by atoms with E-state index in [2.05, 4.69) is 101 Å². The number of rotatable bonds is 1. The maximum atomic E-state index is 5.30. The van der Waals surface area contributed by atoms with Gasteiger partial charge in [0, 0.05) is 36.3 Å². The molecular formula is C32H17N3S. The van der Waals surface area contributed by atoms with Crippen molar-refractivity contribution in [2.24, 2.45) is 0 Å². The van der Waals surface area contributed by atoms with Crippen LogP contribution in [0.25, 0.3) is 80.7 Å². The Morgan fingerprint density at radius 1 is 0.583 bits per heavy atom. The van der Waals surface area contributed by atoms with Crippen LogP contribution in [0.1, 0.15) is 0 Å². The first-order valence-corrected chi connectivity index (χ1v) is 12.9. The van der Waals surface area contributed by atoms with Crippen molar-refractivity contribution in [2.75, 3.05) is 0 Å². The summed E-state index contributed by atoms with van der Waals surface area (Å²) in [6.07, 6.45) is 0. The first kappa shape index (κ1) is 18.7. The minimum absolute atomic E-state index is 0.916. The molecule has 0 atom stereocenters. The molecule has 0 aliphatic heterocycles. The summed E-state index contributed by atoms with van der Waals surface area (Å²) >= 11 is 1.86. The van der Waals surface area contributed by atoms with E-state index in [0.29, 0.717) is 0 Å². The molecule has 0 aliphatic rings. The van der Waals surface area contributed by atoms with Gasteiger partial charge in [0.1, 0.15) is 5.52 Å². The van der Waals surface area contributed by atoms with E-state index < -0.39 is 0 Å². The highest BCUT2D eigenvalue weighted by molar-refractivity contribution is 7.26. The molecule has 0 aliphatic carbocycles. The van der Waals surface area contributed by atoms with Crippen LogP contribution in [0.2, 0.25) is 0 Å². The maximum absolute atomic E-state index is 5.30. The van der Waals surface area contributed by atoms with Crippen LogP contribution in [-0.4, -0.2) is 14.4 Å². The van der Waals surface area contributed by atoms with Crippen LogP contribution < -0.4 is 0 Å². The summed E-state index contributed by atoms with van der Waals surface area (Å²) in [7, 11) is 0. The fourth-order valence-electron chi connectivity index (χ4n) is 5.92. The third kappa shape index (κ3) is 2.27. The molecule has 166 valence electrons. The lowest BCUT2D eigenvalue weighted by molar-refractivity contribution is 1.28. The quantitative estimate of drug-likeness (QED) is 0.237. The first-order valence-electron chi connectivity index (χ1n) is 12.1. The number of fused-ring (bicyclic) bond motifs is 11. The van der Waals surface area contributed by atoms with Crippen molar-refractivity contribution in [1.82, 2.24) is 14.4 Å². The molecule has 4 heteroatoms. The maximum Gasteiger partial charge on any atom is 0.165 e.